The van der Waals surface area contributed by atoms with Gasteiger partial charge in [-0.05, 0) is 41.3 Å². The largest absolute Gasteiger partial charge is 0.482 e. The highest BCUT2D eigenvalue weighted by Gasteiger charge is 2.56. The van der Waals surface area contributed by atoms with Crippen molar-refractivity contribution in [2.45, 2.75) is 50.0 Å². The molecular formula is C14H17BrN2O3. The highest BCUT2D eigenvalue weighted by Crippen LogP contribution is 2.58. The molecule has 2 saturated carbocycles. The minimum atomic E-state index is -0.464. The number of aryl methyl sites for hydroxylation is 1. The van der Waals surface area contributed by atoms with Crippen LogP contribution in [0.3, 0.4) is 0 Å². The predicted molar refractivity (Wildman–Crippen MR) is 78.3 cm³/mol. The van der Waals surface area contributed by atoms with Gasteiger partial charge in [0.25, 0.3) is 0 Å². The lowest BCUT2D eigenvalue weighted by atomic mass is 9.64. The zero-order valence-corrected chi connectivity index (χ0v) is 12.9. The van der Waals surface area contributed by atoms with Crippen molar-refractivity contribution < 1.29 is 9.66 Å². The lowest BCUT2D eigenvalue weighted by Gasteiger charge is -2.51. The van der Waals surface area contributed by atoms with Crippen molar-refractivity contribution in [1.82, 2.24) is 4.98 Å². The van der Waals surface area contributed by atoms with Gasteiger partial charge >= 0.3 is 5.82 Å². The third-order valence-electron chi connectivity index (χ3n) is 4.64. The Morgan fingerprint density at radius 2 is 2.15 bits per heavy atom. The highest BCUT2D eigenvalue weighted by atomic mass is 79.9. The van der Waals surface area contributed by atoms with Crippen molar-refractivity contribution in [2.75, 3.05) is 0 Å². The van der Waals surface area contributed by atoms with Gasteiger partial charge in [-0.15, -0.1) is 0 Å². The van der Waals surface area contributed by atoms with Crippen molar-refractivity contribution in [1.29, 1.82) is 0 Å². The lowest BCUT2D eigenvalue weighted by molar-refractivity contribution is -0.391. The van der Waals surface area contributed by atoms with Gasteiger partial charge in [0.2, 0.25) is 5.75 Å². The van der Waals surface area contributed by atoms with Gasteiger partial charge < -0.3 is 14.9 Å². The molecule has 2 unspecified atom stereocenters. The number of halogens is 1. The molecule has 1 heterocycles. The second-order valence-corrected chi connectivity index (χ2v) is 6.89. The molecule has 6 heteroatoms. The van der Waals surface area contributed by atoms with Crippen molar-refractivity contribution in [3.8, 4) is 5.75 Å². The van der Waals surface area contributed by atoms with Gasteiger partial charge in [0.1, 0.15) is 11.8 Å². The molecule has 2 aliphatic rings. The Morgan fingerprint density at radius 1 is 1.45 bits per heavy atom. The van der Waals surface area contributed by atoms with Crippen LogP contribution in [0.2, 0.25) is 0 Å². The number of nitrogens with zero attached hydrogens (tertiary/aromatic N) is 2. The first-order valence-corrected chi connectivity index (χ1v) is 7.87. The number of hydrogen-bond donors (Lipinski definition) is 0. The van der Waals surface area contributed by atoms with Crippen molar-refractivity contribution in [2.24, 2.45) is 5.41 Å². The zero-order valence-electron chi connectivity index (χ0n) is 11.3. The summed E-state index contributed by atoms with van der Waals surface area (Å²) in [7, 11) is 0. The number of rotatable bonds is 3. The molecule has 0 aliphatic heterocycles. The minimum absolute atomic E-state index is 0.0672. The van der Waals surface area contributed by atoms with Gasteiger partial charge in [-0.25, -0.2) is 0 Å². The summed E-state index contributed by atoms with van der Waals surface area (Å²) in [5, 5.41) is 11.1. The van der Waals surface area contributed by atoms with Crippen LogP contribution in [0.5, 0.6) is 5.75 Å². The van der Waals surface area contributed by atoms with Gasteiger partial charge in [-0.2, -0.15) is 0 Å². The average Bonchev–Trinajstić information content (AvgIpc) is 2.92. The Hall–Kier alpha value is -1.17. The summed E-state index contributed by atoms with van der Waals surface area (Å²) in [6.45, 7) is 1.74. The summed E-state index contributed by atoms with van der Waals surface area (Å²) in [6.07, 6.45) is 5.69. The Balaban J connectivity index is 1.84. The van der Waals surface area contributed by atoms with Crippen LogP contribution in [-0.2, 0) is 0 Å². The van der Waals surface area contributed by atoms with E-state index in [9.17, 15) is 10.1 Å². The Bertz CT molecular complexity index is 543. The molecule has 0 amide bonds. The van der Waals surface area contributed by atoms with Gasteiger partial charge in [-0.3, -0.25) is 0 Å². The Kier molecular flexibility index (Phi) is 3.44. The fourth-order valence-corrected chi connectivity index (χ4v) is 4.53. The zero-order chi connectivity index (χ0) is 14.3. The molecule has 1 spiro atoms. The maximum absolute atomic E-state index is 11.1. The molecule has 1 aromatic rings. The molecule has 5 nitrogen and oxygen atoms in total. The third-order valence-corrected chi connectivity index (χ3v) is 5.93. The number of hydrogen-bond acceptors (Lipinski definition) is 4. The van der Waals surface area contributed by atoms with E-state index in [1.165, 1.54) is 12.8 Å². The van der Waals surface area contributed by atoms with E-state index in [0.717, 1.165) is 19.3 Å². The first-order chi connectivity index (χ1) is 9.53. The van der Waals surface area contributed by atoms with Crippen LogP contribution >= 0.6 is 15.9 Å². The smallest absolute Gasteiger partial charge is 0.406 e. The molecule has 1 aromatic heterocycles. The summed E-state index contributed by atoms with van der Waals surface area (Å²) >= 11 is 3.73. The summed E-state index contributed by atoms with van der Waals surface area (Å²) in [4.78, 5) is 15.1. The quantitative estimate of drug-likeness (QED) is 0.477. The fourth-order valence-electron chi connectivity index (χ4n) is 3.44. The van der Waals surface area contributed by atoms with Crippen LogP contribution in [0.25, 0.3) is 0 Å². The number of pyridine rings is 1. The van der Waals surface area contributed by atoms with E-state index in [-0.39, 0.29) is 17.3 Å². The van der Waals surface area contributed by atoms with E-state index in [4.69, 9.17) is 4.74 Å². The first-order valence-electron chi connectivity index (χ1n) is 6.96. The van der Waals surface area contributed by atoms with Crippen LogP contribution in [0.15, 0.2) is 12.1 Å². The molecule has 0 N–H and O–H groups in total. The van der Waals surface area contributed by atoms with Crippen molar-refractivity contribution in [3.63, 3.8) is 0 Å². The van der Waals surface area contributed by atoms with Gasteiger partial charge in [0.05, 0.1) is 0 Å². The standard InChI is InChI=1S/C14H17BrN2O3/c1-9-4-5-10(13(16-9)17(18)19)20-12-8-11(15)14(12)6-2-3-7-14/h4-5,11-12H,2-3,6-8H2,1H3. The third kappa shape index (κ3) is 2.10. The number of aromatic nitrogens is 1. The lowest BCUT2D eigenvalue weighted by Crippen LogP contribution is -2.55. The average molecular weight is 341 g/mol. The normalized spacial score (nSPS) is 27.3. The Labute approximate surface area is 126 Å². The molecule has 0 radical (unpaired) electrons. The molecule has 0 saturated heterocycles. The molecule has 20 heavy (non-hydrogen) atoms. The number of ether oxygens (including phenoxy) is 1. The predicted octanol–water partition coefficient (Wildman–Crippen LogP) is 3.77. The summed E-state index contributed by atoms with van der Waals surface area (Å²) in [5.74, 6) is 0.132. The number of nitro groups is 1. The van der Waals surface area contributed by atoms with E-state index in [2.05, 4.69) is 20.9 Å². The van der Waals surface area contributed by atoms with E-state index in [1.54, 1.807) is 19.1 Å². The molecule has 2 atom stereocenters. The fraction of sp³-hybridized carbons (Fsp3) is 0.643. The topological polar surface area (TPSA) is 65.3 Å². The van der Waals surface area contributed by atoms with Crippen molar-refractivity contribution >= 4 is 21.7 Å². The van der Waals surface area contributed by atoms with Crippen LogP contribution in [0, 0.1) is 22.5 Å². The molecule has 0 bridgehead atoms. The minimum Gasteiger partial charge on any atom is -0.482 e. The van der Waals surface area contributed by atoms with Crippen molar-refractivity contribution in [3.05, 3.63) is 27.9 Å². The van der Waals surface area contributed by atoms with Gasteiger partial charge in [-0.1, -0.05) is 28.8 Å². The molecule has 2 fully saturated rings. The molecular weight excluding hydrogens is 324 g/mol. The van der Waals surface area contributed by atoms with Crippen LogP contribution in [0.4, 0.5) is 5.82 Å². The second kappa shape index (κ2) is 4.98. The second-order valence-electron chi connectivity index (χ2n) is 5.78. The molecule has 0 aromatic carbocycles. The first kappa shape index (κ1) is 13.8. The monoisotopic (exact) mass is 340 g/mol. The molecule has 108 valence electrons. The molecule has 2 aliphatic carbocycles. The number of alkyl halides is 1. The summed E-state index contributed by atoms with van der Waals surface area (Å²) in [5.41, 5.74) is 0.797. The van der Waals surface area contributed by atoms with Gasteiger partial charge in [0.15, 0.2) is 0 Å². The van der Waals surface area contributed by atoms with E-state index < -0.39 is 4.92 Å². The van der Waals surface area contributed by atoms with E-state index in [1.807, 2.05) is 0 Å². The van der Waals surface area contributed by atoms with Gasteiger partial charge in [0, 0.05) is 17.2 Å². The van der Waals surface area contributed by atoms with E-state index >= 15 is 0 Å². The van der Waals surface area contributed by atoms with E-state index in [0.29, 0.717) is 16.3 Å². The summed E-state index contributed by atoms with van der Waals surface area (Å²) in [6, 6.07) is 3.43. The molecule has 3 rings (SSSR count). The SMILES string of the molecule is Cc1ccc(OC2CC(Br)C23CCCC3)c([N+](=O)[O-])n1. The Morgan fingerprint density at radius 3 is 2.75 bits per heavy atom. The summed E-state index contributed by atoms with van der Waals surface area (Å²) < 4.78 is 5.97. The van der Waals surface area contributed by atoms with Crippen LogP contribution in [0.1, 0.15) is 37.8 Å². The van der Waals surface area contributed by atoms with Crippen LogP contribution in [-0.4, -0.2) is 20.8 Å². The highest BCUT2D eigenvalue weighted by molar-refractivity contribution is 9.09. The van der Waals surface area contributed by atoms with Crippen LogP contribution < -0.4 is 4.74 Å². The maximum atomic E-state index is 11.1. The maximum Gasteiger partial charge on any atom is 0.406 e.